The van der Waals surface area contributed by atoms with Crippen molar-refractivity contribution < 1.29 is 13.5 Å². The number of benzene rings is 1. The van der Waals surface area contributed by atoms with Gasteiger partial charge in [0, 0.05) is 17.8 Å². The maximum atomic E-state index is 12.4. The molecule has 1 aromatic carbocycles. The van der Waals surface area contributed by atoms with E-state index < -0.39 is 15.6 Å². The van der Waals surface area contributed by atoms with Gasteiger partial charge in [0.15, 0.2) is 0 Å². The Morgan fingerprint density at radius 1 is 1.32 bits per heavy atom. The fraction of sp³-hybridized carbons (Fsp3) is 0.538. The molecule has 19 heavy (non-hydrogen) atoms. The first-order chi connectivity index (χ1) is 8.59. The van der Waals surface area contributed by atoms with Gasteiger partial charge in [0.25, 0.3) is 0 Å². The molecule has 0 fully saturated rings. The van der Waals surface area contributed by atoms with E-state index in [0.29, 0.717) is 17.7 Å². The number of nitrogen functional groups attached to an aromatic ring is 1. The second kappa shape index (κ2) is 5.48. The van der Waals surface area contributed by atoms with Crippen LogP contribution in [0.3, 0.4) is 0 Å². The molecule has 0 radical (unpaired) electrons. The Hall–Kier alpha value is -1.11. The standard InChI is InChI=1S/C13H22N2O3S/c1-9-7-11(14)10(2)12(8-9)19(17,18)15-13(3,4)5-6-16/h7-8,15-16H,5-6,14H2,1-4H3. The van der Waals surface area contributed by atoms with E-state index >= 15 is 0 Å². The molecule has 4 N–H and O–H groups in total. The van der Waals surface area contributed by atoms with E-state index in [1.807, 2.05) is 0 Å². The smallest absolute Gasteiger partial charge is 0.241 e. The van der Waals surface area contributed by atoms with E-state index in [1.165, 1.54) is 0 Å². The minimum absolute atomic E-state index is 0.0789. The Bertz CT molecular complexity index is 565. The SMILES string of the molecule is Cc1cc(N)c(C)c(S(=O)(=O)NC(C)(C)CCO)c1. The zero-order valence-corrected chi connectivity index (χ0v) is 12.6. The van der Waals surface area contributed by atoms with E-state index in [0.717, 1.165) is 5.56 Å². The summed E-state index contributed by atoms with van der Waals surface area (Å²) in [7, 11) is -3.66. The van der Waals surface area contributed by atoms with Crippen molar-refractivity contribution in [2.24, 2.45) is 0 Å². The Morgan fingerprint density at radius 2 is 1.89 bits per heavy atom. The number of anilines is 1. The summed E-state index contributed by atoms with van der Waals surface area (Å²) in [5.74, 6) is 0. The quantitative estimate of drug-likeness (QED) is 0.712. The molecule has 0 bridgehead atoms. The van der Waals surface area contributed by atoms with Crippen LogP contribution in [0.15, 0.2) is 17.0 Å². The Labute approximate surface area is 114 Å². The zero-order chi connectivity index (χ0) is 14.8. The predicted octanol–water partition coefficient (Wildman–Crippen LogP) is 1.32. The number of hydrogen-bond donors (Lipinski definition) is 3. The molecule has 0 heterocycles. The Kier molecular flexibility index (Phi) is 4.60. The molecule has 0 aromatic heterocycles. The van der Waals surface area contributed by atoms with Gasteiger partial charge in [0.1, 0.15) is 0 Å². The van der Waals surface area contributed by atoms with E-state index in [4.69, 9.17) is 10.8 Å². The van der Waals surface area contributed by atoms with Crippen molar-refractivity contribution in [2.45, 2.75) is 44.6 Å². The summed E-state index contributed by atoms with van der Waals surface area (Å²) in [4.78, 5) is 0.191. The van der Waals surface area contributed by atoms with Crippen LogP contribution in [0.4, 0.5) is 5.69 Å². The van der Waals surface area contributed by atoms with Gasteiger partial charge in [0.05, 0.1) is 4.90 Å². The summed E-state index contributed by atoms with van der Waals surface area (Å²) in [5.41, 5.74) is 6.89. The van der Waals surface area contributed by atoms with Crippen LogP contribution in [0.5, 0.6) is 0 Å². The van der Waals surface area contributed by atoms with Crippen LogP contribution in [0.1, 0.15) is 31.4 Å². The molecule has 0 aliphatic heterocycles. The number of nitrogens with one attached hydrogen (secondary N) is 1. The molecule has 0 aliphatic carbocycles. The fourth-order valence-corrected chi connectivity index (χ4v) is 3.68. The lowest BCUT2D eigenvalue weighted by Gasteiger charge is -2.25. The first kappa shape index (κ1) is 15.9. The molecule has 6 heteroatoms. The molecule has 1 aromatic rings. The van der Waals surface area contributed by atoms with Gasteiger partial charge in [-0.05, 0) is 57.4 Å². The van der Waals surface area contributed by atoms with Crippen LogP contribution in [0, 0.1) is 13.8 Å². The van der Waals surface area contributed by atoms with Crippen LogP contribution >= 0.6 is 0 Å². The summed E-state index contributed by atoms with van der Waals surface area (Å²) in [6, 6.07) is 3.34. The minimum atomic E-state index is -3.66. The van der Waals surface area contributed by atoms with Gasteiger partial charge in [-0.3, -0.25) is 0 Å². The third kappa shape index (κ3) is 3.92. The molecule has 0 amide bonds. The molecule has 1 rings (SSSR count). The third-order valence-corrected chi connectivity index (χ3v) is 4.81. The maximum absolute atomic E-state index is 12.4. The van der Waals surface area contributed by atoms with Crippen LogP contribution in [-0.2, 0) is 10.0 Å². The highest BCUT2D eigenvalue weighted by Gasteiger charge is 2.27. The average Bonchev–Trinajstić information content (AvgIpc) is 2.21. The predicted molar refractivity (Wildman–Crippen MR) is 76.4 cm³/mol. The lowest BCUT2D eigenvalue weighted by molar-refractivity contribution is 0.245. The number of nitrogens with two attached hydrogens (primary N) is 1. The van der Waals surface area contributed by atoms with Gasteiger partial charge < -0.3 is 10.8 Å². The largest absolute Gasteiger partial charge is 0.398 e. The Balaban J connectivity index is 3.22. The highest BCUT2D eigenvalue weighted by Crippen LogP contribution is 2.24. The molecule has 108 valence electrons. The lowest BCUT2D eigenvalue weighted by Crippen LogP contribution is -2.44. The molecule has 0 saturated carbocycles. The van der Waals surface area contributed by atoms with Gasteiger partial charge in [-0.15, -0.1) is 0 Å². The van der Waals surface area contributed by atoms with Crippen LogP contribution in [0.2, 0.25) is 0 Å². The maximum Gasteiger partial charge on any atom is 0.241 e. The van der Waals surface area contributed by atoms with Crippen LogP contribution < -0.4 is 10.5 Å². The van der Waals surface area contributed by atoms with Crippen molar-refractivity contribution in [3.05, 3.63) is 23.3 Å². The number of aryl methyl sites for hydroxylation is 1. The second-order valence-corrected chi connectivity index (χ2v) is 7.09. The van der Waals surface area contributed by atoms with Crippen molar-refractivity contribution in [3.8, 4) is 0 Å². The van der Waals surface area contributed by atoms with Crippen molar-refractivity contribution in [1.29, 1.82) is 0 Å². The number of hydrogen-bond acceptors (Lipinski definition) is 4. The normalized spacial score (nSPS) is 12.7. The number of aliphatic hydroxyl groups is 1. The van der Waals surface area contributed by atoms with Gasteiger partial charge >= 0.3 is 0 Å². The van der Waals surface area contributed by atoms with Crippen molar-refractivity contribution in [2.75, 3.05) is 12.3 Å². The summed E-state index contributed by atoms with van der Waals surface area (Å²) in [5, 5.41) is 8.96. The molecule has 0 spiro atoms. The molecule has 0 saturated heterocycles. The number of sulfonamides is 1. The summed E-state index contributed by atoms with van der Waals surface area (Å²) in [6.45, 7) is 6.87. The molecule has 0 aliphatic rings. The highest BCUT2D eigenvalue weighted by molar-refractivity contribution is 7.89. The first-order valence-electron chi connectivity index (χ1n) is 6.10. The van der Waals surface area contributed by atoms with E-state index in [9.17, 15) is 8.42 Å². The van der Waals surface area contributed by atoms with E-state index in [2.05, 4.69) is 4.72 Å². The van der Waals surface area contributed by atoms with Gasteiger partial charge in [-0.25, -0.2) is 13.1 Å². The van der Waals surface area contributed by atoms with Crippen molar-refractivity contribution in [1.82, 2.24) is 4.72 Å². The average molecular weight is 286 g/mol. The topological polar surface area (TPSA) is 92.4 Å². The number of rotatable bonds is 5. The van der Waals surface area contributed by atoms with E-state index in [1.54, 1.807) is 39.8 Å². The molecule has 0 unspecified atom stereocenters. The van der Waals surface area contributed by atoms with Crippen LogP contribution in [0.25, 0.3) is 0 Å². The monoisotopic (exact) mass is 286 g/mol. The zero-order valence-electron chi connectivity index (χ0n) is 11.8. The van der Waals surface area contributed by atoms with Crippen LogP contribution in [-0.4, -0.2) is 25.7 Å². The first-order valence-corrected chi connectivity index (χ1v) is 7.59. The van der Waals surface area contributed by atoms with Crippen molar-refractivity contribution in [3.63, 3.8) is 0 Å². The second-order valence-electron chi connectivity index (χ2n) is 5.44. The minimum Gasteiger partial charge on any atom is -0.398 e. The van der Waals surface area contributed by atoms with Gasteiger partial charge in [-0.2, -0.15) is 0 Å². The lowest BCUT2D eigenvalue weighted by atomic mass is 10.0. The molecular formula is C13H22N2O3S. The summed E-state index contributed by atoms with van der Waals surface area (Å²) >= 11 is 0. The van der Waals surface area contributed by atoms with Crippen molar-refractivity contribution >= 4 is 15.7 Å². The fourth-order valence-electron chi connectivity index (χ4n) is 1.88. The molecular weight excluding hydrogens is 264 g/mol. The Morgan fingerprint density at radius 3 is 2.42 bits per heavy atom. The summed E-state index contributed by atoms with van der Waals surface area (Å²) in [6.07, 6.45) is 0.340. The highest BCUT2D eigenvalue weighted by atomic mass is 32.2. The van der Waals surface area contributed by atoms with E-state index in [-0.39, 0.29) is 11.5 Å². The van der Waals surface area contributed by atoms with Gasteiger partial charge in [0.2, 0.25) is 10.0 Å². The van der Waals surface area contributed by atoms with Gasteiger partial charge in [-0.1, -0.05) is 0 Å². The number of aliphatic hydroxyl groups excluding tert-OH is 1. The molecule has 0 atom stereocenters. The molecule has 5 nitrogen and oxygen atoms in total. The third-order valence-electron chi connectivity index (χ3n) is 2.98. The summed E-state index contributed by atoms with van der Waals surface area (Å²) < 4.78 is 27.4.